The van der Waals surface area contributed by atoms with Crippen molar-refractivity contribution in [2.75, 3.05) is 36.4 Å². The highest BCUT2D eigenvalue weighted by Gasteiger charge is 2.27. The molecule has 11 heteroatoms. The second kappa shape index (κ2) is 8.02. The number of nitrogens with one attached hydrogen (secondary N) is 2. The molecule has 1 aliphatic rings. The van der Waals surface area contributed by atoms with Gasteiger partial charge in [-0.15, -0.1) is 5.10 Å². The lowest BCUT2D eigenvalue weighted by Gasteiger charge is -2.35. The maximum absolute atomic E-state index is 13.7. The van der Waals surface area contributed by atoms with Crippen LogP contribution >= 0.6 is 0 Å². The Bertz CT molecular complexity index is 883. The van der Waals surface area contributed by atoms with Crippen molar-refractivity contribution in [3.63, 3.8) is 0 Å². The molecule has 0 saturated carbocycles. The van der Waals surface area contributed by atoms with Crippen molar-refractivity contribution < 1.29 is 23.1 Å². The molecule has 2 heterocycles. The van der Waals surface area contributed by atoms with Crippen LogP contribution in [-0.4, -0.2) is 63.9 Å². The molecule has 1 fully saturated rings. The summed E-state index contributed by atoms with van der Waals surface area (Å²) < 4.78 is 32.8. The Morgan fingerprint density at radius 1 is 1.14 bits per heavy atom. The minimum atomic E-state index is -0.974. The minimum Gasteiger partial charge on any atom is -0.444 e. The number of hydrogen-bond donors (Lipinski definition) is 2. The number of hydrogen-bond acceptors (Lipinski definition) is 6. The van der Waals surface area contributed by atoms with Crippen LogP contribution in [0.4, 0.5) is 25.5 Å². The Kier molecular flexibility index (Phi) is 5.66. The molecule has 1 aromatic carbocycles. The highest BCUT2D eigenvalue weighted by atomic mass is 19.1. The van der Waals surface area contributed by atoms with Gasteiger partial charge < -0.3 is 14.5 Å². The predicted octanol–water partition coefficient (Wildman–Crippen LogP) is 2.39. The van der Waals surface area contributed by atoms with Crippen molar-refractivity contribution in [1.29, 1.82) is 0 Å². The first-order valence-corrected chi connectivity index (χ1v) is 9.05. The number of carbonyl (C=O) groups excluding carboxylic acids is 2. The van der Waals surface area contributed by atoms with E-state index in [2.05, 4.69) is 20.5 Å². The van der Waals surface area contributed by atoms with E-state index in [1.807, 2.05) is 4.90 Å². The van der Waals surface area contributed by atoms with E-state index in [0.29, 0.717) is 32.1 Å². The quantitative estimate of drug-likeness (QED) is 0.808. The van der Waals surface area contributed by atoms with Gasteiger partial charge in [-0.05, 0) is 32.9 Å². The normalized spacial score (nSPS) is 14.7. The summed E-state index contributed by atoms with van der Waals surface area (Å²) in [6.45, 7) is 7.18. The number of aromatic amines is 1. The third-order valence-electron chi connectivity index (χ3n) is 4.11. The second-order valence-corrected chi connectivity index (χ2v) is 7.49. The first-order chi connectivity index (χ1) is 13.6. The van der Waals surface area contributed by atoms with Crippen LogP contribution in [0.3, 0.4) is 0 Å². The summed E-state index contributed by atoms with van der Waals surface area (Å²) in [5.41, 5.74) is -1.26. The van der Waals surface area contributed by atoms with Gasteiger partial charge in [-0.1, -0.05) is 6.07 Å². The predicted molar refractivity (Wildman–Crippen MR) is 101 cm³/mol. The van der Waals surface area contributed by atoms with Crippen LogP contribution in [0.5, 0.6) is 0 Å². The van der Waals surface area contributed by atoms with Crippen LogP contribution in [0.2, 0.25) is 0 Å². The topological polar surface area (TPSA) is 103 Å². The van der Waals surface area contributed by atoms with Gasteiger partial charge in [-0.2, -0.15) is 4.98 Å². The Labute approximate surface area is 166 Å². The second-order valence-electron chi connectivity index (χ2n) is 7.49. The van der Waals surface area contributed by atoms with Gasteiger partial charge in [0.15, 0.2) is 0 Å². The van der Waals surface area contributed by atoms with E-state index in [9.17, 15) is 18.4 Å². The van der Waals surface area contributed by atoms with E-state index in [1.54, 1.807) is 25.7 Å². The number of rotatable bonds is 3. The van der Waals surface area contributed by atoms with E-state index < -0.39 is 28.7 Å². The summed E-state index contributed by atoms with van der Waals surface area (Å²) in [5, 5.41) is 8.83. The fraction of sp³-hybridized carbons (Fsp3) is 0.444. The lowest BCUT2D eigenvalue weighted by Crippen LogP contribution is -2.50. The van der Waals surface area contributed by atoms with Gasteiger partial charge in [0.1, 0.15) is 22.8 Å². The number of ether oxygens (including phenoxy) is 1. The molecule has 0 spiro atoms. The molecule has 2 N–H and O–H groups in total. The molecule has 2 aromatic rings. The van der Waals surface area contributed by atoms with Gasteiger partial charge in [0.2, 0.25) is 11.9 Å². The van der Waals surface area contributed by atoms with E-state index in [0.717, 1.165) is 12.1 Å². The highest BCUT2D eigenvalue weighted by Crippen LogP contribution is 2.17. The molecule has 156 valence electrons. The number of piperazine rings is 1. The lowest BCUT2D eigenvalue weighted by molar-refractivity contribution is 0.0240. The Morgan fingerprint density at radius 3 is 2.34 bits per heavy atom. The van der Waals surface area contributed by atoms with Crippen molar-refractivity contribution in [1.82, 2.24) is 20.1 Å². The van der Waals surface area contributed by atoms with Crippen LogP contribution in [0.15, 0.2) is 18.2 Å². The standard InChI is InChI=1S/C18H22F2N6O3/c1-18(2,3)29-17(28)26-9-7-25(8-10-26)16-22-15(23-24-16)21-14(27)13-11(19)5-4-6-12(13)20/h4-6H,7-10H2,1-3H3,(H2,21,22,23,24,27). The molecule has 0 unspecified atom stereocenters. The summed E-state index contributed by atoms with van der Waals surface area (Å²) in [6, 6.07) is 3.16. The number of H-pyrrole nitrogens is 1. The third-order valence-corrected chi connectivity index (χ3v) is 4.11. The van der Waals surface area contributed by atoms with Gasteiger partial charge in [-0.3, -0.25) is 10.1 Å². The summed E-state index contributed by atoms with van der Waals surface area (Å²) in [5.74, 6) is -2.65. The molecular weight excluding hydrogens is 386 g/mol. The monoisotopic (exact) mass is 408 g/mol. The average molecular weight is 408 g/mol. The number of aromatic nitrogens is 3. The van der Waals surface area contributed by atoms with Crippen molar-refractivity contribution in [2.24, 2.45) is 0 Å². The molecule has 1 aromatic heterocycles. The van der Waals surface area contributed by atoms with E-state index in [4.69, 9.17) is 4.74 Å². The zero-order valence-corrected chi connectivity index (χ0v) is 16.3. The van der Waals surface area contributed by atoms with Crippen molar-refractivity contribution >= 4 is 23.9 Å². The average Bonchev–Trinajstić information content (AvgIpc) is 3.08. The Balaban J connectivity index is 1.59. The molecule has 0 aliphatic carbocycles. The number of amides is 2. The van der Waals surface area contributed by atoms with Gasteiger partial charge >= 0.3 is 6.09 Å². The summed E-state index contributed by atoms with van der Waals surface area (Å²) >= 11 is 0. The number of benzene rings is 1. The Morgan fingerprint density at radius 2 is 1.76 bits per heavy atom. The molecule has 1 saturated heterocycles. The lowest BCUT2D eigenvalue weighted by atomic mass is 10.2. The summed E-state index contributed by atoms with van der Waals surface area (Å²) in [6.07, 6.45) is -0.382. The minimum absolute atomic E-state index is 0.0396. The van der Waals surface area contributed by atoms with Crippen LogP contribution in [0, 0.1) is 11.6 Å². The van der Waals surface area contributed by atoms with Crippen molar-refractivity contribution in [3.05, 3.63) is 35.4 Å². The summed E-state index contributed by atoms with van der Waals surface area (Å²) in [7, 11) is 0. The third kappa shape index (κ3) is 4.98. The molecule has 9 nitrogen and oxygen atoms in total. The zero-order valence-electron chi connectivity index (χ0n) is 16.3. The van der Waals surface area contributed by atoms with Crippen LogP contribution < -0.4 is 10.2 Å². The van der Waals surface area contributed by atoms with E-state index in [-0.39, 0.29) is 12.0 Å². The van der Waals surface area contributed by atoms with Crippen LogP contribution in [0.25, 0.3) is 0 Å². The number of halogens is 2. The fourth-order valence-electron chi connectivity index (χ4n) is 2.75. The first kappa shape index (κ1) is 20.5. The maximum atomic E-state index is 13.7. The smallest absolute Gasteiger partial charge is 0.410 e. The number of nitrogens with zero attached hydrogens (tertiary/aromatic N) is 4. The van der Waals surface area contributed by atoms with Gasteiger partial charge in [0, 0.05) is 26.2 Å². The van der Waals surface area contributed by atoms with E-state index in [1.165, 1.54) is 6.07 Å². The number of anilines is 2. The molecule has 0 atom stereocenters. The van der Waals surface area contributed by atoms with Crippen molar-refractivity contribution in [2.45, 2.75) is 26.4 Å². The molecule has 1 aliphatic heterocycles. The SMILES string of the molecule is CC(C)(C)OC(=O)N1CCN(c2n[nH]c(NC(=O)c3c(F)cccc3F)n2)CC1. The van der Waals surface area contributed by atoms with Gasteiger partial charge in [-0.25, -0.2) is 18.7 Å². The fourth-order valence-corrected chi connectivity index (χ4v) is 2.75. The maximum Gasteiger partial charge on any atom is 0.410 e. The molecule has 0 bridgehead atoms. The van der Waals surface area contributed by atoms with E-state index >= 15 is 0 Å². The van der Waals surface area contributed by atoms with Crippen molar-refractivity contribution in [3.8, 4) is 0 Å². The Hall–Kier alpha value is -3.24. The molecular formula is C18H22F2N6O3. The number of carbonyl (C=O) groups is 2. The largest absolute Gasteiger partial charge is 0.444 e. The zero-order chi connectivity index (χ0) is 21.2. The summed E-state index contributed by atoms with van der Waals surface area (Å²) in [4.78, 5) is 31.8. The highest BCUT2D eigenvalue weighted by molar-refractivity contribution is 6.03. The molecule has 29 heavy (non-hydrogen) atoms. The molecule has 3 rings (SSSR count). The van der Waals surface area contributed by atoms with Crippen LogP contribution in [-0.2, 0) is 4.74 Å². The molecule has 2 amide bonds. The first-order valence-electron chi connectivity index (χ1n) is 9.05. The van der Waals surface area contributed by atoms with Gasteiger partial charge in [0.25, 0.3) is 5.91 Å². The van der Waals surface area contributed by atoms with Gasteiger partial charge in [0.05, 0.1) is 0 Å². The molecule has 0 radical (unpaired) electrons. The van der Waals surface area contributed by atoms with Crippen LogP contribution in [0.1, 0.15) is 31.1 Å².